The molecule has 1 unspecified atom stereocenters. The number of aryl methyl sites for hydroxylation is 2. The minimum absolute atomic E-state index is 0.107. The van der Waals surface area contributed by atoms with Gasteiger partial charge < -0.3 is 0 Å². The van der Waals surface area contributed by atoms with Gasteiger partial charge in [0.05, 0.1) is 5.38 Å². The number of thiophene rings is 1. The molecule has 2 heteroatoms. The second-order valence-corrected chi connectivity index (χ2v) is 5.99. The third-order valence-corrected chi connectivity index (χ3v) is 4.62. The minimum Gasteiger partial charge on any atom is -0.152 e. The summed E-state index contributed by atoms with van der Waals surface area (Å²) in [6.45, 7) is 0. The van der Waals surface area contributed by atoms with Gasteiger partial charge in [0.25, 0.3) is 0 Å². The lowest BCUT2D eigenvalue weighted by Gasteiger charge is -2.10. The van der Waals surface area contributed by atoms with Gasteiger partial charge in [0.15, 0.2) is 0 Å². The predicted molar refractivity (Wildman–Crippen MR) is 75.1 cm³/mol. The first-order chi connectivity index (χ1) is 8.33. The van der Waals surface area contributed by atoms with Crippen LogP contribution in [0.5, 0.6) is 0 Å². The Labute approximate surface area is 111 Å². The zero-order chi connectivity index (χ0) is 11.7. The lowest BCUT2D eigenvalue weighted by atomic mass is 10.0. The summed E-state index contributed by atoms with van der Waals surface area (Å²) >= 11 is 8.24. The predicted octanol–water partition coefficient (Wildman–Crippen LogP) is 4.76. The number of hydrogen-bond acceptors (Lipinski definition) is 1. The fourth-order valence-corrected chi connectivity index (χ4v) is 3.52. The Bertz CT molecular complexity index is 502. The molecule has 1 aliphatic rings. The van der Waals surface area contributed by atoms with Gasteiger partial charge in [0.1, 0.15) is 0 Å². The van der Waals surface area contributed by atoms with Crippen LogP contribution in [0.3, 0.4) is 0 Å². The second kappa shape index (κ2) is 4.83. The summed E-state index contributed by atoms with van der Waals surface area (Å²) in [4.78, 5) is 0. The zero-order valence-corrected chi connectivity index (χ0v) is 11.2. The summed E-state index contributed by atoms with van der Waals surface area (Å²) < 4.78 is 0. The van der Waals surface area contributed by atoms with Crippen molar-refractivity contribution in [3.63, 3.8) is 0 Å². The normalized spacial score (nSPS) is 15.8. The Kier molecular flexibility index (Phi) is 3.21. The first-order valence-electron chi connectivity index (χ1n) is 6.10. The Morgan fingerprint density at radius 2 is 2.06 bits per heavy atom. The van der Waals surface area contributed by atoms with Crippen LogP contribution in [0, 0.1) is 0 Å². The Hall–Kier alpha value is -0.790. The van der Waals surface area contributed by atoms with Gasteiger partial charge >= 0.3 is 0 Å². The maximum atomic E-state index is 6.50. The van der Waals surface area contributed by atoms with Gasteiger partial charge in [-0.05, 0) is 64.8 Å². The van der Waals surface area contributed by atoms with E-state index in [0.29, 0.717) is 0 Å². The molecule has 1 heterocycles. The molecule has 1 aliphatic carbocycles. The molecule has 0 bridgehead atoms. The highest BCUT2D eigenvalue weighted by Crippen LogP contribution is 2.30. The van der Waals surface area contributed by atoms with Crippen LogP contribution in [-0.2, 0) is 19.3 Å². The summed E-state index contributed by atoms with van der Waals surface area (Å²) in [5.74, 6) is 0. The SMILES string of the molecule is ClC(Cc1ccsc1)c1ccc2c(c1)CCC2. The van der Waals surface area contributed by atoms with Gasteiger partial charge in [0, 0.05) is 0 Å². The van der Waals surface area contributed by atoms with Crippen molar-refractivity contribution in [1.82, 2.24) is 0 Å². The molecular weight excluding hydrogens is 248 g/mol. The van der Waals surface area contributed by atoms with Crippen molar-refractivity contribution in [3.05, 3.63) is 57.3 Å². The summed E-state index contributed by atoms with van der Waals surface area (Å²) in [6, 6.07) is 8.94. The number of halogens is 1. The Balaban J connectivity index is 1.79. The van der Waals surface area contributed by atoms with Crippen LogP contribution in [0.25, 0.3) is 0 Å². The van der Waals surface area contributed by atoms with Gasteiger partial charge in [0.2, 0.25) is 0 Å². The van der Waals surface area contributed by atoms with Crippen LogP contribution in [0.15, 0.2) is 35.0 Å². The molecule has 0 saturated heterocycles. The van der Waals surface area contributed by atoms with Gasteiger partial charge in [-0.25, -0.2) is 0 Å². The molecule has 0 spiro atoms. The van der Waals surface area contributed by atoms with Gasteiger partial charge in [-0.3, -0.25) is 0 Å². The molecule has 0 amide bonds. The standard InChI is InChI=1S/C15H15ClS/c16-15(8-11-6-7-17-10-11)14-5-4-12-2-1-3-13(12)9-14/h4-7,9-10,15H,1-3,8H2. The van der Waals surface area contributed by atoms with E-state index in [4.69, 9.17) is 11.6 Å². The first kappa shape index (κ1) is 11.3. The molecule has 1 atom stereocenters. The van der Waals surface area contributed by atoms with Crippen LogP contribution >= 0.6 is 22.9 Å². The smallest absolute Gasteiger partial charge is 0.0625 e. The Morgan fingerprint density at radius 1 is 1.18 bits per heavy atom. The van der Waals surface area contributed by atoms with E-state index in [0.717, 1.165) is 6.42 Å². The number of benzene rings is 1. The van der Waals surface area contributed by atoms with Crippen molar-refractivity contribution in [1.29, 1.82) is 0 Å². The third-order valence-electron chi connectivity index (χ3n) is 3.48. The Morgan fingerprint density at radius 3 is 2.88 bits per heavy atom. The summed E-state index contributed by atoms with van der Waals surface area (Å²) in [7, 11) is 0. The number of hydrogen-bond donors (Lipinski definition) is 0. The fourth-order valence-electron chi connectivity index (χ4n) is 2.52. The van der Waals surface area contributed by atoms with E-state index in [2.05, 4.69) is 35.0 Å². The van der Waals surface area contributed by atoms with Gasteiger partial charge in [-0.15, -0.1) is 11.6 Å². The highest BCUT2D eigenvalue weighted by Gasteiger charge is 2.14. The summed E-state index contributed by atoms with van der Waals surface area (Å²) in [5, 5.41) is 4.40. The van der Waals surface area contributed by atoms with Crippen molar-refractivity contribution in [2.75, 3.05) is 0 Å². The van der Waals surface area contributed by atoms with Crippen molar-refractivity contribution in [3.8, 4) is 0 Å². The molecular formula is C15H15ClS. The first-order valence-corrected chi connectivity index (χ1v) is 7.48. The molecule has 1 aromatic heterocycles. The molecule has 0 N–H and O–H groups in total. The van der Waals surface area contributed by atoms with Crippen LogP contribution in [0.4, 0.5) is 0 Å². The van der Waals surface area contributed by atoms with E-state index in [1.165, 1.54) is 41.5 Å². The zero-order valence-electron chi connectivity index (χ0n) is 9.66. The van der Waals surface area contributed by atoms with Crippen LogP contribution < -0.4 is 0 Å². The van der Waals surface area contributed by atoms with Crippen LogP contribution in [-0.4, -0.2) is 0 Å². The molecule has 3 rings (SSSR count). The largest absolute Gasteiger partial charge is 0.152 e. The fraction of sp³-hybridized carbons (Fsp3) is 0.333. The highest BCUT2D eigenvalue weighted by molar-refractivity contribution is 7.07. The lowest BCUT2D eigenvalue weighted by Crippen LogP contribution is -1.96. The molecule has 0 fully saturated rings. The highest BCUT2D eigenvalue weighted by atomic mass is 35.5. The topological polar surface area (TPSA) is 0 Å². The van der Waals surface area contributed by atoms with Gasteiger partial charge in [-0.1, -0.05) is 18.2 Å². The summed E-state index contributed by atoms with van der Waals surface area (Å²) in [6.07, 6.45) is 4.71. The van der Waals surface area contributed by atoms with E-state index >= 15 is 0 Å². The molecule has 0 aliphatic heterocycles. The quantitative estimate of drug-likeness (QED) is 0.700. The minimum atomic E-state index is 0.107. The number of fused-ring (bicyclic) bond motifs is 1. The third kappa shape index (κ3) is 2.41. The van der Waals surface area contributed by atoms with Crippen molar-refractivity contribution in [2.24, 2.45) is 0 Å². The average Bonchev–Trinajstić information content (AvgIpc) is 2.97. The van der Waals surface area contributed by atoms with Crippen molar-refractivity contribution >= 4 is 22.9 Å². The number of rotatable bonds is 3. The molecule has 1 aromatic carbocycles. The van der Waals surface area contributed by atoms with Crippen molar-refractivity contribution in [2.45, 2.75) is 31.1 Å². The molecule has 0 nitrogen and oxygen atoms in total. The van der Waals surface area contributed by atoms with E-state index in [9.17, 15) is 0 Å². The summed E-state index contributed by atoms with van der Waals surface area (Å²) in [5.41, 5.74) is 5.65. The molecule has 17 heavy (non-hydrogen) atoms. The lowest BCUT2D eigenvalue weighted by molar-refractivity contribution is 0.907. The van der Waals surface area contributed by atoms with E-state index in [-0.39, 0.29) is 5.38 Å². The van der Waals surface area contributed by atoms with Crippen molar-refractivity contribution < 1.29 is 0 Å². The molecule has 0 radical (unpaired) electrons. The van der Waals surface area contributed by atoms with Gasteiger partial charge in [-0.2, -0.15) is 11.3 Å². The van der Waals surface area contributed by atoms with Crippen LogP contribution in [0.2, 0.25) is 0 Å². The van der Waals surface area contributed by atoms with E-state index < -0.39 is 0 Å². The maximum absolute atomic E-state index is 6.50. The average molecular weight is 263 g/mol. The molecule has 2 aromatic rings. The molecule has 0 saturated carbocycles. The van der Waals surface area contributed by atoms with E-state index in [1.54, 1.807) is 11.3 Å². The van der Waals surface area contributed by atoms with E-state index in [1.807, 2.05) is 0 Å². The molecule has 88 valence electrons. The monoisotopic (exact) mass is 262 g/mol. The van der Waals surface area contributed by atoms with Crippen LogP contribution in [0.1, 0.15) is 34.1 Å². The number of alkyl halides is 1. The maximum Gasteiger partial charge on any atom is 0.0625 e. The second-order valence-electron chi connectivity index (χ2n) is 4.68.